The molecule has 2 aromatic carbocycles. The Kier molecular flexibility index (Phi) is 6.18. The van der Waals surface area contributed by atoms with Crippen molar-refractivity contribution in [3.63, 3.8) is 0 Å². The van der Waals surface area contributed by atoms with E-state index < -0.39 is 0 Å². The fourth-order valence-corrected chi connectivity index (χ4v) is 2.01. The third-order valence-corrected chi connectivity index (χ3v) is 3.10. The van der Waals surface area contributed by atoms with Crippen molar-refractivity contribution in [2.24, 2.45) is 5.10 Å². The van der Waals surface area contributed by atoms with E-state index in [1.807, 2.05) is 61.5 Å². The van der Waals surface area contributed by atoms with E-state index in [9.17, 15) is 4.79 Å². The maximum atomic E-state index is 11.8. The number of para-hydroxylation sites is 1. The predicted octanol–water partition coefficient (Wildman–Crippen LogP) is 3.17. The van der Waals surface area contributed by atoms with Crippen LogP contribution < -0.4 is 10.2 Å². The Morgan fingerprint density at radius 2 is 1.86 bits per heavy atom. The van der Waals surface area contributed by atoms with E-state index in [0.29, 0.717) is 19.4 Å². The highest BCUT2D eigenvalue weighted by molar-refractivity contribution is 5.85. The highest BCUT2D eigenvalue weighted by atomic mass is 16.5. The highest BCUT2D eigenvalue weighted by Gasteiger charge is 2.02. The van der Waals surface area contributed by atoms with Crippen molar-refractivity contribution in [1.29, 1.82) is 0 Å². The standard InChI is InChI=1S/C18H20N2O2/c1-2-22-17-11-7-6-10-16(17)14-19-20-18(21)13-12-15-8-4-3-5-9-15/h3-11,14H,2,12-13H2,1H3,(H,20,21)/b19-14-. The van der Waals surface area contributed by atoms with Crippen molar-refractivity contribution in [3.8, 4) is 5.75 Å². The van der Waals surface area contributed by atoms with Crippen LogP contribution >= 0.6 is 0 Å². The lowest BCUT2D eigenvalue weighted by atomic mass is 10.1. The summed E-state index contributed by atoms with van der Waals surface area (Å²) >= 11 is 0. The van der Waals surface area contributed by atoms with Crippen LogP contribution in [0.3, 0.4) is 0 Å². The molecule has 114 valence electrons. The molecule has 1 amide bonds. The van der Waals surface area contributed by atoms with Crippen molar-refractivity contribution < 1.29 is 9.53 Å². The minimum atomic E-state index is -0.103. The molecule has 0 aliphatic rings. The molecule has 0 aromatic heterocycles. The number of amides is 1. The Balaban J connectivity index is 1.83. The molecule has 0 aliphatic heterocycles. The lowest BCUT2D eigenvalue weighted by Crippen LogP contribution is -2.17. The molecule has 22 heavy (non-hydrogen) atoms. The quantitative estimate of drug-likeness (QED) is 0.630. The first-order chi connectivity index (χ1) is 10.8. The van der Waals surface area contributed by atoms with E-state index in [0.717, 1.165) is 16.9 Å². The van der Waals surface area contributed by atoms with Gasteiger partial charge in [0.2, 0.25) is 5.91 Å². The van der Waals surface area contributed by atoms with E-state index in [4.69, 9.17) is 4.74 Å². The van der Waals surface area contributed by atoms with Gasteiger partial charge in [-0.05, 0) is 31.0 Å². The van der Waals surface area contributed by atoms with Crippen LogP contribution in [0.25, 0.3) is 0 Å². The summed E-state index contributed by atoms with van der Waals surface area (Å²) in [6.07, 6.45) is 2.72. The monoisotopic (exact) mass is 296 g/mol. The zero-order valence-electron chi connectivity index (χ0n) is 12.7. The molecule has 1 N–H and O–H groups in total. The first kappa shape index (κ1) is 15.8. The molecule has 0 radical (unpaired) electrons. The molecule has 0 fully saturated rings. The molecule has 0 saturated carbocycles. The first-order valence-electron chi connectivity index (χ1n) is 7.37. The van der Waals surface area contributed by atoms with E-state index >= 15 is 0 Å². The number of carbonyl (C=O) groups is 1. The van der Waals surface area contributed by atoms with Crippen molar-refractivity contribution >= 4 is 12.1 Å². The predicted molar refractivity (Wildman–Crippen MR) is 88.1 cm³/mol. The Labute approximate surface area is 130 Å². The smallest absolute Gasteiger partial charge is 0.240 e. The van der Waals surface area contributed by atoms with Gasteiger partial charge in [-0.25, -0.2) is 5.43 Å². The summed E-state index contributed by atoms with van der Waals surface area (Å²) in [5, 5.41) is 3.99. The number of nitrogens with one attached hydrogen (secondary N) is 1. The zero-order valence-corrected chi connectivity index (χ0v) is 12.7. The van der Waals surface area contributed by atoms with Crippen LogP contribution in [0.4, 0.5) is 0 Å². The van der Waals surface area contributed by atoms with Gasteiger partial charge in [-0.15, -0.1) is 0 Å². The van der Waals surface area contributed by atoms with Gasteiger partial charge in [-0.2, -0.15) is 5.10 Å². The van der Waals surface area contributed by atoms with Crippen LogP contribution in [0.1, 0.15) is 24.5 Å². The summed E-state index contributed by atoms with van der Waals surface area (Å²) in [5.74, 6) is 0.654. The van der Waals surface area contributed by atoms with E-state index in [2.05, 4.69) is 10.5 Å². The average molecular weight is 296 g/mol. The van der Waals surface area contributed by atoms with Gasteiger partial charge in [0.05, 0.1) is 12.8 Å². The fourth-order valence-electron chi connectivity index (χ4n) is 2.01. The van der Waals surface area contributed by atoms with Crippen molar-refractivity contribution in [1.82, 2.24) is 5.43 Å². The molecule has 0 atom stereocenters. The number of hydrogen-bond acceptors (Lipinski definition) is 3. The topological polar surface area (TPSA) is 50.7 Å². The van der Waals surface area contributed by atoms with Crippen molar-refractivity contribution in [3.05, 3.63) is 65.7 Å². The summed E-state index contributed by atoms with van der Waals surface area (Å²) in [6, 6.07) is 17.5. The second-order valence-corrected chi connectivity index (χ2v) is 4.75. The number of benzene rings is 2. The normalized spacial score (nSPS) is 10.6. The van der Waals surface area contributed by atoms with E-state index in [1.165, 1.54) is 0 Å². The number of rotatable bonds is 7. The van der Waals surface area contributed by atoms with Crippen molar-refractivity contribution in [2.75, 3.05) is 6.61 Å². The molecule has 0 aliphatic carbocycles. The lowest BCUT2D eigenvalue weighted by molar-refractivity contribution is -0.121. The molecule has 2 aromatic rings. The van der Waals surface area contributed by atoms with Gasteiger partial charge in [0.15, 0.2) is 0 Å². The summed E-state index contributed by atoms with van der Waals surface area (Å²) in [4.78, 5) is 11.8. The van der Waals surface area contributed by atoms with Gasteiger partial charge in [-0.3, -0.25) is 4.79 Å². The molecule has 0 heterocycles. The van der Waals surface area contributed by atoms with Crippen LogP contribution in [-0.2, 0) is 11.2 Å². The van der Waals surface area contributed by atoms with Gasteiger partial charge in [0.25, 0.3) is 0 Å². The molecule has 4 heteroatoms. The van der Waals surface area contributed by atoms with Crippen molar-refractivity contribution in [2.45, 2.75) is 19.8 Å². The van der Waals surface area contributed by atoms with Gasteiger partial charge in [0.1, 0.15) is 5.75 Å². The Hall–Kier alpha value is -2.62. The number of hydrazone groups is 1. The fraction of sp³-hybridized carbons (Fsp3) is 0.222. The van der Waals surface area contributed by atoms with Crippen LogP contribution in [0.2, 0.25) is 0 Å². The maximum Gasteiger partial charge on any atom is 0.240 e. The Morgan fingerprint density at radius 1 is 1.14 bits per heavy atom. The van der Waals surface area contributed by atoms with Gasteiger partial charge in [0, 0.05) is 12.0 Å². The molecule has 0 bridgehead atoms. The molecule has 4 nitrogen and oxygen atoms in total. The average Bonchev–Trinajstić information content (AvgIpc) is 2.56. The van der Waals surface area contributed by atoms with E-state index in [-0.39, 0.29) is 5.91 Å². The molecule has 0 unspecified atom stereocenters. The zero-order chi connectivity index (χ0) is 15.6. The minimum Gasteiger partial charge on any atom is -0.493 e. The molecular formula is C18H20N2O2. The second-order valence-electron chi connectivity index (χ2n) is 4.75. The van der Waals surface area contributed by atoms with Crippen LogP contribution in [-0.4, -0.2) is 18.7 Å². The van der Waals surface area contributed by atoms with Crippen LogP contribution in [0, 0.1) is 0 Å². The Bertz CT molecular complexity index is 624. The maximum absolute atomic E-state index is 11.8. The Morgan fingerprint density at radius 3 is 2.64 bits per heavy atom. The van der Waals surface area contributed by atoms with Gasteiger partial charge >= 0.3 is 0 Å². The van der Waals surface area contributed by atoms with Gasteiger partial charge < -0.3 is 4.74 Å². The lowest BCUT2D eigenvalue weighted by Gasteiger charge is -2.05. The van der Waals surface area contributed by atoms with Gasteiger partial charge in [-0.1, -0.05) is 42.5 Å². The molecule has 2 rings (SSSR count). The largest absolute Gasteiger partial charge is 0.493 e. The first-order valence-corrected chi connectivity index (χ1v) is 7.37. The number of hydrogen-bond donors (Lipinski definition) is 1. The molecule has 0 spiro atoms. The molecule has 0 saturated heterocycles. The number of aryl methyl sites for hydroxylation is 1. The summed E-state index contributed by atoms with van der Waals surface area (Å²) in [5.41, 5.74) is 4.53. The summed E-state index contributed by atoms with van der Waals surface area (Å²) < 4.78 is 5.50. The number of carbonyl (C=O) groups excluding carboxylic acids is 1. The minimum absolute atomic E-state index is 0.103. The third-order valence-electron chi connectivity index (χ3n) is 3.10. The summed E-state index contributed by atoms with van der Waals surface area (Å²) in [7, 11) is 0. The van der Waals surface area contributed by atoms with Crippen LogP contribution in [0.5, 0.6) is 5.75 Å². The molecular weight excluding hydrogens is 276 g/mol. The second kappa shape index (κ2) is 8.62. The third kappa shape index (κ3) is 5.05. The van der Waals surface area contributed by atoms with E-state index in [1.54, 1.807) is 6.21 Å². The highest BCUT2D eigenvalue weighted by Crippen LogP contribution is 2.15. The SMILES string of the molecule is CCOc1ccccc1/C=N\NC(=O)CCc1ccccc1. The number of ether oxygens (including phenoxy) is 1. The summed E-state index contributed by atoms with van der Waals surface area (Å²) in [6.45, 7) is 2.52. The number of nitrogens with zero attached hydrogens (tertiary/aromatic N) is 1. The van der Waals surface area contributed by atoms with Crippen LogP contribution in [0.15, 0.2) is 59.7 Å².